The summed E-state index contributed by atoms with van der Waals surface area (Å²) in [5.74, 6) is 6.41. The van der Waals surface area contributed by atoms with Gasteiger partial charge in [0.2, 0.25) is 0 Å². The van der Waals surface area contributed by atoms with Crippen LogP contribution in [0.15, 0.2) is 42.9 Å². The first kappa shape index (κ1) is 11.5. The molecule has 1 heterocycles. The van der Waals surface area contributed by atoms with Gasteiger partial charge in [-0.3, -0.25) is 0 Å². The molecular weight excluding hydrogens is 208 g/mol. The van der Waals surface area contributed by atoms with Gasteiger partial charge in [-0.15, -0.1) is 11.8 Å². The minimum Gasteiger partial charge on any atom is -0.348 e. The molecule has 17 heavy (non-hydrogen) atoms. The van der Waals surface area contributed by atoms with Gasteiger partial charge in [0.05, 0.1) is 6.33 Å². The zero-order valence-electron chi connectivity index (χ0n) is 9.82. The highest BCUT2D eigenvalue weighted by Gasteiger charge is 1.90. The van der Waals surface area contributed by atoms with Gasteiger partial charge in [-0.2, -0.15) is 0 Å². The number of rotatable bonds is 4. The lowest BCUT2D eigenvalue weighted by atomic mass is 10.1. The van der Waals surface area contributed by atoms with Crippen LogP contribution in [-0.2, 0) is 12.8 Å². The number of nitrogens with zero attached hydrogens (tertiary/aromatic N) is 1. The van der Waals surface area contributed by atoms with Crippen LogP contribution in [0.2, 0.25) is 0 Å². The van der Waals surface area contributed by atoms with E-state index in [4.69, 9.17) is 0 Å². The molecule has 0 saturated heterocycles. The van der Waals surface area contributed by atoms with Crippen molar-refractivity contribution >= 4 is 0 Å². The molecule has 1 N–H and O–H groups in total. The fourth-order valence-electron chi connectivity index (χ4n) is 1.65. The summed E-state index contributed by atoms with van der Waals surface area (Å²) in [5.41, 5.74) is 2.51. The molecule has 0 aliphatic rings. The normalized spacial score (nSPS) is 9.65. The summed E-state index contributed by atoms with van der Waals surface area (Å²) >= 11 is 0. The molecule has 2 aromatic rings. The average molecular weight is 224 g/mol. The minimum atomic E-state index is 0.900. The van der Waals surface area contributed by atoms with Crippen molar-refractivity contribution in [3.8, 4) is 11.8 Å². The van der Waals surface area contributed by atoms with E-state index in [1.807, 2.05) is 12.3 Å². The van der Waals surface area contributed by atoms with Crippen molar-refractivity contribution < 1.29 is 0 Å². The van der Waals surface area contributed by atoms with Crippen LogP contribution >= 0.6 is 0 Å². The zero-order chi connectivity index (χ0) is 11.8. The molecule has 0 radical (unpaired) electrons. The van der Waals surface area contributed by atoms with E-state index in [-0.39, 0.29) is 0 Å². The second kappa shape index (κ2) is 6.55. The van der Waals surface area contributed by atoms with Gasteiger partial charge in [-0.25, -0.2) is 4.98 Å². The lowest BCUT2D eigenvalue weighted by molar-refractivity contribution is 0.972. The first-order valence-corrected chi connectivity index (χ1v) is 5.92. The third kappa shape index (κ3) is 4.16. The Balaban J connectivity index is 1.66. The van der Waals surface area contributed by atoms with E-state index in [1.54, 1.807) is 6.33 Å². The van der Waals surface area contributed by atoms with Crippen LogP contribution in [0.5, 0.6) is 0 Å². The van der Waals surface area contributed by atoms with Gasteiger partial charge in [0.25, 0.3) is 0 Å². The summed E-state index contributed by atoms with van der Waals surface area (Å²) in [6.45, 7) is 0. The molecule has 2 heteroatoms. The Hall–Kier alpha value is -2.01. The summed E-state index contributed by atoms with van der Waals surface area (Å²) in [4.78, 5) is 7.05. The molecule has 0 aliphatic carbocycles. The second-order valence-corrected chi connectivity index (χ2v) is 3.92. The lowest BCUT2D eigenvalue weighted by Gasteiger charge is -1.94. The van der Waals surface area contributed by atoms with Crippen molar-refractivity contribution in [3.63, 3.8) is 0 Å². The molecule has 1 aromatic heterocycles. The number of aromatic nitrogens is 2. The van der Waals surface area contributed by atoms with Gasteiger partial charge in [-0.05, 0) is 18.4 Å². The third-order valence-electron chi connectivity index (χ3n) is 2.58. The number of hydrogen-bond donors (Lipinski definition) is 1. The van der Waals surface area contributed by atoms with E-state index in [0.29, 0.717) is 0 Å². The molecule has 0 bridgehead atoms. The Bertz CT molecular complexity index is 475. The van der Waals surface area contributed by atoms with Gasteiger partial charge in [0.1, 0.15) is 0 Å². The van der Waals surface area contributed by atoms with Crippen LogP contribution in [0.4, 0.5) is 0 Å². The summed E-state index contributed by atoms with van der Waals surface area (Å²) in [5, 5.41) is 0. The van der Waals surface area contributed by atoms with E-state index >= 15 is 0 Å². The van der Waals surface area contributed by atoms with E-state index in [9.17, 15) is 0 Å². The molecule has 0 atom stereocenters. The average Bonchev–Trinajstić information content (AvgIpc) is 2.88. The van der Waals surface area contributed by atoms with Gasteiger partial charge in [0, 0.05) is 24.7 Å². The number of benzene rings is 1. The smallest absolute Gasteiger partial charge is 0.0921 e. The summed E-state index contributed by atoms with van der Waals surface area (Å²) < 4.78 is 0. The number of nitrogens with one attached hydrogen (secondary N) is 1. The fourth-order valence-corrected chi connectivity index (χ4v) is 1.65. The SMILES string of the molecule is C(#CCCc1cnc[nH]1)CCc1ccccc1. The Morgan fingerprint density at radius 2 is 1.76 bits per heavy atom. The Labute approximate surface area is 102 Å². The lowest BCUT2D eigenvalue weighted by Crippen LogP contribution is -1.83. The third-order valence-corrected chi connectivity index (χ3v) is 2.58. The highest BCUT2D eigenvalue weighted by molar-refractivity contribution is 5.16. The zero-order valence-corrected chi connectivity index (χ0v) is 9.82. The van der Waals surface area contributed by atoms with Gasteiger partial charge in [-0.1, -0.05) is 30.3 Å². The van der Waals surface area contributed by atoms with E-state index in [1.165, 1.54) is 5.56 Å². The van der Waals surface area contributed by atoms with E-state index < -0.39 is 0 Å². The van der Waals surface area contributed by atoms with Gasteiger partial charge < -0.3 is 4.98 Å². The van der Waals surface area contributed by atoms with Crippen LogP contribution in [0, 0.1) is 11.8 Å². The number of imidazole rings is 1. The van der Waals surface area contributed by atoms with Crippen molar-refractivity contribution in [2.45, 2.75) is 25.7 Å². The topological polar surface area (TPSA) is 28.7 Å². The first-order valence-electron chi connectivity index (χ1n) is 5.92. The Morgan fingerprint density at radius 1 is 1.00 bits per heavy atom. The molecule has 0 unspecified atom stereocenters. The number of aromatic amines is 1. The van der Waals surface area contributed by atoms with Crippen molar-refractivity contribution in [2.75, 3.05) is 0 Å². The van der Waals surface area contributed by atoms with Crippen LogP contribution in [-0.4, -0.2) is 9.97 Å². The predicted octanol–water partition coefficient (Wildman–Crippen LogP) is 2.98. The van der Waals surface area contributed by atoms with Crippen molar-refractivity contribution in [3.05, 3.63) is 54.1 Å². The molecule has 0 spiro atoms. The van der Waals surface area contributed by atoms with Gasteiger partial charge in [0.15, 0.2) is 0 Å². The van der Waals surface area contributed by atoms with Crippen LogP contribution in [0.25, 0.3) is 0 Å². The van der Waals surface area contributed by atoms with Crippen molar-refractivity contribution in [2.24, 2.45) is 0 Å². The molecule has 0 aliphatic heterocycles. The molecule has 2 nitrogen and oxygen atoms in total. The Kier molecular flexibility index (Phi) is 4.42. The summed E-state index contributed by atoms with van der Waals surface area (Å²) in [6, 6.07) is 10.5. The first-order chi connectivity index (χ1) is 8.45. The number of hydrogen-bond acceptors (Lipinski definition) is 1. The van der Waals surface area contributed by atoms with E-state index in [0.717, 1.165) is 31.4 Å². The second-order valence-electron chi connectivity index (χ2n) is 3.92. The Morgan fingerprint density at radius 3 is 2.47 bits per heavy atom. The standard InChI is InChI=1S/C15H16N2/c1(2-7-11-15-12-16-13-17-15)4-8-14-9-5-3-6-10-14/h3,5-6,9-10,12-13H,4,7-8,11H2,(H,16,17). The molecule has 1 aromatic carbocycles. The molecule has 0 amide bonds. The number of aryl methyl sites for hydroxylation is 2. The molecular formula is C15H16N2. The molecule has 0 fully saturated rings. The highest BCUT2D eigenvalue weighted by Crippen LogP contribution is 2.01. The molecule has 2 rings (SSSR count). The maximum absolute atomic E-state index is 3.97. The van der Waals surface area contributed by atoms with Crippen molar-refractivity contribution in [1.29, 1.82) is 0 Å². The summed E-state index contributed by atoms with van der Waals surface area (Å²) in [7, 11) is 0. The van der Waals surface area contributed by atoms with Crippen LogP contribution in [0.1, 0.15) is 24.1 Å². The maximum Gasteiger partial charge on any atom is 0.0921 e. The molecule has 86 valence electrons. The summed E-state index contributed by atoms with van der Waals surface area (Å²) in [6.07, 6.45) is 7.39. The maximum atomic E-state index is 3.97. The van der Waals surface area contributed by atoms with Crippen LogP contribution < -0.4 is 0 Å². The number of H-pyrrole nitrogens is 1. The highest BCUT2D eigenvalue weighted by atomic mass is 14.9. The monoisotopic (exact) mass is 224 g/mol. The minimum absolute atomic E-state index is 0.900. The fraction of sp³-hybridized carbons (Fsp3) is 0.267. The predicted molar refractivity (Wildman–Crippen MR) is 69.4 cm³/mol. The van der Waals surface area contributed by atoms with Gasteiger partial charge >= 0.3 is 0 Å². The van der Waals surface area contributed by atoms with E-state index in [2.05, 4.69) is 46.1 Å². The quantitative estimate of drug-likeness (QED) is 0.795. The molecule has 0 saturated carbocycles. The largest absolute Gasteiger partial charge is 0.348 e. The van der Waals surface area contributed by atoms with Crippen molar-refractivity contribution in [1.82, 2.24) is 9.97 Å². The van der Waals surface area contributed by atoms with Crippen LogP contribution in [0.3, 0.4) is 0 Å².